The maximum Gasteiger partial charge on any atom is 0.310 e. The molecule has 1 saturated heterocycles. The number of nitrogens with one attached hydrogen (secondary N) is 1. The second-order valence-corrected chi connectivity index (χ2v) is 8.14. The van der Waals surface area contributed by atoms with Gasteiger partial charge in [0.05, 0.1) is 15.5 Å². The molecule has 1 aliphatic rings. The van der Waals surface area contributed by atoms with Crippen molar-refractivity contribution in [3.63, 3.8) is 0 Å². The number of phenols is 2. The summed E-state index contributed by atoms with van der Waals surface area (Å²) in [5.41, 5.74) is -0.795. The Morgan fingerprint density at radius 3 is 2.36 bits per heavy atom. The van der Waals surface area contributed by atoms with Crippen LogP contribution in [-0.4, -0.2) is 46.9 Å². The molecule has 0 bridgehead atoms. The quantitative estimate of drug-likeness (QED) is 0.390. The van der Waals surface area contributed by atoms with Crippen LogP contribution in [0.1, 0.15) is 23.2 Å². The normalized spacial score (nSPS) is 14.7. The monoisotopic (exact) mass is 407 g/mol. The van der Waals surface area contributed by atoms with E-state index >= 15 is 0 Å². The van der Waals surface area contributed by atoms with Crippen LogP contribution in [-0.2, 0) is 10.0 Å². The molecule has 0 atom stereocenters. The fourth-order valence-corrected chi connectivity index (χ4v) is 4.41. The van der Waals surface area contributed by atoms with E-state index in [4.69, 9.17) is 0 Å². The lowest BCUT2D eigenvalue weighted by Gasteiger charge is -2.16. The predicted octanol–water partition coefficient (Wildman–Crippen LogP) is 2.04. The largest absolute Gasteiger partial charge is 0.506 e. The molecule has 3 N–H and O–H groups in total. The number of rotatable bonds is 5. The van der Waals surface area contributed by atoms with Crippen molar-refractivity contribution in [1.29, 1.82) is 0 Å². The predicted molar refractivity (Wildman–Crippen MR) is 98.8 cm³/mol. The number of nitro benzene ring substituents is 1. The van der Waals surface area contributed by atoms with E-state index in [1.807, 2.05) is 0 Å². The summed E-state index contributed by atoms with van der Waals surface area (Å²) in [6.07, 6.45) is 1.54. The third-order valence-corrected chi connectivity index (χ3v) is 6.25. The van der Waals surface area contributed by atoms with Crippen LogP contribution in [0.3, 0.4) is 0 Å². The highest BCUT2D eigenvalue weighted by molar-refractivity contribution is 7.89. The number of aromatic hydroxyl groups is 2. The minimum atomic E-state index is -3.74. The van der Waals surface area contributed by atoms with E-state index in [-0.39, 0.29) is 21.9 Å². The molecule has 0 aliphatic carbocycles. The number of amides is 1. The summed E-state index contributed by atoms with van der Waals surface area (Å²) in [7, 11) is -3.74. The first-order chi connectivity index (χ1) is 13.2. The summed E-state index contributed by atoms with van der Waals surface area (Å²) in [5, 5.41) is 32.7. The van der Waals surface area contributed by atoms with E-state index in [0.29, 0.717) is 13.1 Å². The lowest BCUT2D eigenvalue weighted by atomic mass is 10.1. The lowest BCUT2D eigenvalue weighted by Crippen LogP contribution is -2.28. The number of anilines is 1. The second-order valence-electron chi connectivity index (χ2n) is 6.20. The minimum absolute atomic E-state index is 0.0750. The molecule has 0 spiro atoms. The van der Waals surface area contributed by atoms with Crippen LogP contribution >= 0.6 is 0 Å². The van der Waals surface area contributed by atoms with Gasteiger partial charge in [-0.3, -0.25) is 14.9 Å². The average Bonchev–Trinajstić information content (AvgIpc) is 3.18. The first-order valence-corrected chi connectivity index (χ1v) is 9.76. The van der Waals surface area contributed by atoms with Crippen LogP contribution in [0, 0.1) is 10.1 Å². The molecule has 0 unspecified atom stereocenters. The second kappa shape index (κ2) is 7.44. The summed E-state index contributed by atoms with van der Waals surface area (Å²) in [6.45, 7) is 0.819. The molecule has 28 heavy (non-hydrogen) atoms. The third kappa shape index (κ3) is 3.75. The molecule has 0 radical (unpaired) electrons. The molecule has 148 valence electrons. The molecule has 10 nitrogen and oxygen atoms in total. The maximum atomic E-state index is 12.6. The van der Waals surface area contributed by atoms with Crippen molar-refractivity contribution in [2.24, 2.45) is 0 Å². The van der Waals surface area contributed by atoms with Crippen molar-refractivity contribution in [3.05, 3.63) is 52.1 Å². The van der Waals surface area contributed by atoms with Crippen molar-refractivity contribution < 1.29 is 28.3 Å². The number of nitrogens with zero attached hydrogens (tertiary/aromatic N) is 2. The topological polar surface area (TPSA) is 150 Å². The molecule has 2 aromatic rings. The van der Waals surface area contributed by atoms with Crippen LogP contribution in [0.25, 0.3) is 0 Å². The van der Waals surface area contributed by atoms with Crippen molar-refractivity contribution in [2.45, 2.75) is 17.7 Å². The third-order valence-electron chi connectivity index (χ3n) is 4.35. The maximum absolute atomic E-state index is 12.6. The summed E-state index contributed by atoms with van der Waals surface area (Å²) in [4.78, 5) is 22.2. The van der Waals surface area contributed by atoms with Crippen LogP contribution < -0.4 is 5.32 Å². The van der Waals surface area contributed by atoms with Crippen LogP contribution in [0.2, 0.25) is 0 Å². The summed E-state index contributed by atoms with van der Waals surface area (Å²) in [6, 6.07) is 6.57. The van der Waals surface area contributed by atoms with E-state index in [0.717, 1.165) is 43.2 Å². The van der Waals surface area contributed by atoms with Crippen molar-refractivity contribution in [3.8, 4) is 11.5 Å². The Labute approximate surface area is 160 Å². The molecule has 3 rings (SSSR count). The van der Waals surface area contributed by atoms with Gasteiger partial charge < -0.3 is 15.5 Å². The Kier molecular flexibility index (Phi) is 5.21. The molecule has 0 aromatic heterocycles. The number of nitro groups is 1. The summed E-state index contributed by atoms with van der Waals surface area (Å²) < 4.78 is 26.6. The van der Waals surface area contributed by atoms with Crippen LogP contribution in [0.4, 0.5) is 11.4 Å². The van der Waals surface area contributed by atoms with Gasteiger partial charge in [-0.2, -0.15) is 4.31 Å². The smallest absolute Gasteiger partial charge is 0.310 e. The van der Waals surface area contributed by atoms with Crippen molar-refractivity contribution >= 4 is 27.3 Å². The first-order valence-electron chi connectivity index (χ1n) is 8.32. The number of benzene rings is 2. The van der Waals surface area contributed by atoms with Gasteiger partial charge in [-0.25, -0.2) is 8.42 Å². The van der Waals surface area contributed by atoms with Gasteiger partial charge in [-0.15, -0.1) is 0 Å². The SMILES string of the molecule is O=C(Nc1cc(S(=O)(=O)N2CCCC2)ccc1O)c1ccc([N+](=O)[O-])c(O)c1. The molecule has 1 fully saturated rings. The van der Waals surface area contributed by atoms with Gasteiger partial charge in [0, 0.05) is 24.7 Å². The summed E-state index contributed by atoms with van der Waals surface area (Å²) >= 11 is 0. The zero-order valence-corrected chi connectivity index (χ0v) is 15.3. The minimum Gasteiger partial charge on any atom is -0.506 e. The van der Waals surface area contributed by atoms with Gasteiger partial charge in [0.2, 0.25) is 10.0 Å². The highest BCUT2D eigenvalue weighted by Crippen LogP contribution is 2.31. The highest BCUT2D eigenvalue weighted by atomic mass is 32.2. The molecule has 1 amide bonds. The zero-order valence-electron chi connectivity index (χ0n) is 14.5. The number of phenolic OH excluding ortho intramolecular Hbond substituents is 2. The van der Waals surface area contributed by atoms with E-state index in [1.165, 1.54) is 10.4 Å². The molecule has 1 heterocycles. The molecule has 0 saturated carbocycles. The van der Waals surface area contributed by atoms with Crippen molar-refractivity contribution in [2.75, 3.05) is 18.4 Å². The zero-order chi connectivity index (χ0) is 20.5. The highest BCUT2D eigenvalue weighted by Gasteiger charge is 2.28. The molecule has 11 heteroatoms. The van der Waals surface area contributed by atoms with Gasteiger partial charge in [-0.1, -0.05) is 0 Å². The van der Waals surface area contributed by atoms with Gasteiger partial charge in [-0.05, 0) is 43.2 Å². The number of hydrogen-bond acceptors (Lipinski definition) is 7. The Morgan fingerprint density at radius 1 is 1.07 bits per heavy atom. The molecule has 2 aromatic carbocycles. The Bertz CT molecular complexity index is 1050. The fourth-order valence-electron chi connectivity index (χ4n) is 2.87. The number of carbonyl (C=O) groups excluding carboxylic acids is 1. The van der Waals surface area contributed by atoms with E-state index < -0.39 is 32.3 Å². The van der Waals surface area contributed by atoms with E-state index in [9.17, 15) is 33.5 Å². The number of carbonyl (C=O) groups is 1. The summed E-state index contributed by atoms with van der Waals surface area (Å²) in [5.74, 6) is -1.82. The molecular formula is C17H17N3O7S. The van der Waals surface area contributed by atoms with Crippen molar-refractivity contribution in [1.82, 2.24) is 4.31 Å². The first kappa shape index (κ1) is 19.6. The lowest BCUT2D eigenvalue weighted by molar-refractivity contribution is -0.385. The molecule has 1 aliphatic heterocycles. The van der Waals surface area contributed by atoms with Gasteiger partial charge in [0.25, 0.3) is 5.91 Å². The number of hydrogen-bond donors (Lipinski definition) is 3. The standard InChI is InChI=1S/C17H17N3O7S/c21-15-6-4-12(28(26,27)19-7-1-2-8-19)10-13(15)18-17(23)11-3-5-14(20(24)25)16(22)9-11/h3-6,9-10,21-22H,1-2,7-8H2,(H,18,23). The fraction of sp³-hybridized carbons (Fsp3) is 0.235. The van der Waals surface area contributed by atoms with E-state index in [1.54, 1.807) is 0 Å². The average molecular weight is 407 g/mol. The Balaban J connectivity index is 1.87. The number of sulfonamides is 1. The van der Waals surface area contributed by atoms with Gasteiger partial charge in [0.1, 0.15) is 5.75 Å². The Morgan fingerprint density at radius 2 is 1.75 bits per heavy atom. The van der Waals surface area contributed by atoms with E-state index in [2.05, 4.69) is 5.32 Å². The van der Waals surface area contributed by atoms with Crippen LogP contribution in [0.5, 0.6) is 11.5 Å². The Hall–Kier alpha value is -3.18. The molecular weight excluding hydrogens is 390 g/mol. The van der Waals surface area contributed by atoms with Gasteiger partial charge >= 0.3 is 5.69 Å². The van der Waals surface area contributed by atoms with Gasteiger partial charge in [0.15, 0.2) is 5.75 Å². The van der Waals surface area contributed by atoms with Crippen LogP contribution in [0.15, 0.2) is 41.3 Å².